The van der Waals surface area contributed by atoms with E-state index in [1.165, 1.54) is 0 Å². The molecule has 0 aliphatic heterocycles. The molecule has 0 atom stereocenters. The van der Waals surface area contributed by atoms with Crippen LogP contribution in [0, 0.1) is 0 Å². The van der Waals surface area contributed by atoms with Gasteiger partial charge in [-0.05, 0) is 6.42 Å². The van der Waals surface area contributed by atoms with E-state index in [0.717, 1.165) is 0 Å². The monoisotopic (exact) mass is 128 g/mol. The second-order valence-electron chi connectivity index (χ2n) is 1.67. The quantitative estimate of drug-likeness (QED) is 0.542. The van der Waals surface area contributed by atoms with Crippen LogP contribution in [0.1, 0.15) is 19.3 Å². The van der Waals surface area contributed by atoms with Gasteiger partial charge in [-0.1, -0.05) is 0 Å². The molecule has 3 heteroatoms. The molecule has 0 bridgehead atoms. The molecule has 0 rings (SSSR count). The number of amides is 1. The maximum Gasteiger partial charge on any atom is 0.219 e. The molecule has 0 aromatic heterocycles. The van der Waals surface area contributed by atoms with Crippen molar-refractivity contribution >= 4 is 12.2 Å². The summed E-state index contributed by atoms with van der Waals surface area (Å²) in [6.45, 7) is 0. The highest BCUT2D eigenvalue weighted by Gasteiger charge is 1.94. The largest absolute Gasteiger partial charge is 0.359 e. The minimum absolute atomic E-state index is 0.0229. The first-order chi connectivity index (χ1) is 4.31. The van der Waals surface area contributed by atoms with Crippen molar-refractivity contribution in [3.63, 3.8) is 0 Å². The van der Waals surface area contributed by atoms with Gasteiger partial charge in [0.05, 0.1) is 0 Å². The van der Waals surface area contributed by atoms with Crippen molar-refractivity contribution in [3.8, 4) is 0 Å². The summed E-state index contributed by atoms with van der Waals surface area (Å²) in [4.78, 5) is 20.1. The molecule has 1 N–H and O–H groups in total. The van der Waals surface area contributed by atoms with Gasteiger partial charge in [0, 0.05) is 19.9 Å². The van der Waals surface area contributed by atoms with Crippen LogP contribution in [0.3, 0.4) is 0 Å². The van der Waals surface area contributed by atoms with Gasteiger partial charge in [-0.15, -0.1) is 0 Å². The third-order valence-corrected chi connectivity index (χ3v) is 0.962. The van der Waals surface area contributed by atoms with E-state index in [-0.39, 0.29) is 5.91 Å². The topological polar surface area (TPSA) is 46.2 Å². The van der Waals surface area contributed by atoms with Crippen LogP contribution < -0.4 is 5.32 Å². The van der Waals surface area contributed by atoms with E-state index in [9.17, 15) is 9.59 Å². The summed E-state index contributed by atoms with van der Waals surface area (Å²) in [6.07, 6.45) is 3.09. The van der Waals surface area contributed by atoms with Crippen LogP contribution in [-0.4, -0.2) is 19.2 Å². The van der Waals surface area contributed by atoms with Gasteiger partial charge >= 0.3 is 0 Å². The van der Waals surface area contributed by atoms with Crippen molar-refractivity contribution < 1.29 is 9.59 Å². The minimum Gasteiger partial charge on any atom is -0.359 e. The highest BCUT2D eigenvalue weighted by atomic mass is 16.1. The molecule has 0 spiro atoms. The molecule has 51 valence electrons. The molecule has 0 aromatic rings. The lowest BCUT2D eigenvalue weighted by Gasteiger charge is -1.93. The van der Waals surface area contributed by atoms with Crippen molar-refractivity contribution in [3.05, 3.63) is 0 Å². The molecule has 1 radical (unpaired) electrons. The van der Waals surface area contributed by atoms with Crippen LogP contribution in [0.5, 0.6) is 0 Å². The van der Waals surface area contributed by atoms with Crippen LogP contribution in [0.2, 0.25) is 0 Å². The Bertz CT molecular complexity index is 101. The Morgan fingerprint density at radius 3 is 2.78 bits per heavy atom. The van der Waals surface area contributed by atoms with E-state index >= 15 is 0 Å². The molecule has 9 heavy (non-hydrogen) atoms. The highest BCUT2D eigenvalue weighted by molar-refractivity contribution is 5.75. The summed E-state index contributed by atoms with van der Waals surface area (Å²) in [5.74, 6) is -0.0229. The minimum atomic E-state index is -0.0229. The van der Waals surface area contributed by atoms with E-state index < -0.39 is 0 Å². The van der Waals surface area contributed by atoms with Crippen molar-refractivity contribution in [1.29, 1.82) is 0 Å². The Labute approximate surface area is 54.4 Å². The molecule has 0 saturated heterocycles. The van der Waals surface area contributed by atoms with Crippen LogP contribution in [0.15, 0.2) is 0 Å². The average Bonchev–Trinajstić information content (AvgIpc) is 1.89. The molecule has 0 fully saturated rings. The molecule has 3 nitrogen and oxygen atoms in total. The van der Waals surface area contributed by atoms with Gasteiger partial charge in [0.25, 0.3) is 0 Å². The van der Waals surface area contributed by atoms with Crippen molar-refractivity contribution in [2.75, 3.05) is 7.05 Å². The second kappa shape index (κ2) is 5.28. The Morgan fingerprint density at radius 1 is 1.67 bits per heavy atom. The zero-order valence-corrected chi connectivity index (χ0v) is 5.44. The van der Waals surface area contributed by atoms with Gasteiger partial charge in [-0.25, -0.2) is 0 Å². The normalized spacial score (nSPS) is 8.56. The summed E-state index contributed by atoms with van der Waals surface area (Å²) >= 11 is 0. The average molecular weight is 128 g/mol. The summed E-state index contributed by atoms with van der Waals surface area (Å²) in [7, 11) is 1.58. The Morgan fingerprint density at radius 2 is 2.33 bits per heavy atom. The van der Waals surface area contributed by atoms with Gasteiger partial charge < -0.3 is 5.32 Å². The SMILES string of the molecule is CNC(=O)CCC[C]=O. The predicted octanol–water partition coefficient (Wildman–Crippen LogP) is 0.0124. The molecule has 0 saturated carbocycles. The molecule has 0 aliphatic carbocycles. The Hall–Kier alpha value is -0.860. The number of carbonyl (C=O) groups excluding carboxylic acids is 2. The molecule has 0 aromatic carbocycles. The molecule has 0 heterocycles. The lowest BCUT2D eigenvalue weighted by Crippen LogP contribution is -2.16. The standard InChI is InChI=1S/C6H10NO2/c1-7-6(9)4-2-3-5-8/h2-4H2,1H3,(H,7,9). The number of unbranched alkanes of at least 4 members (excludes halogenated alkanes) is 1. The first-order valence-corrected chi connectivity index (χ1v) is 2.87. The Balaban J connectivity index is 3.06. The number of hydrogen-bond donors (Lipinski definition) is 1. The third kappa shape index (κ3) is 5.00. The number of hydrogen-bond acceptors (Lipinski definition) is 2. The van der Waals surface area contributed by atoms with Crippen LogP contribution in [0.4, 0.5) is 0 Å². The molecule has 0 aliphatic rings. The van der Waals surface area contributed by atoms with E-state index in [1.54, 1.807) is 13.3 Å². The fraction of sp³-hybridized carbons (Fsp3) is 0.667. The maximum absolute atomic E-state index is 10.4. The van der Waals surface area contributed by atoms with Gasteiger partial charge in [0.15, 0.2) is 6.29 Å². The smallest absolute Gasteiger partial charge is 0.219 e. The fourth-order valence-electron chi connectivity index (χ4n) is 0.446. The van der Waals surface area contributed by atoms with Gasteiger partial charge in [0.1, 0.15) is 0 Å². The lowest BCUT2D eigenvalue weighted by molar-refractivity contribution is -0.120. The molecule has 1 amide bonds. The van der Waals surface area contributed by atoms with Gasteiger partial charge in [-0.2, -0.15) is 0 Å². The van der Waals surface area contributed by atoms with Crippen LogP contribution in [0.25, 0.3) is 0 Å². The maximum atomic E-state index is 10.4. The first kappa shape index (κ1) is 8.14. The van der Waals surface area contributed by atoms with E-state index in [0.29, 0.717) is 19.3 Å². The summed E-state index contributed by atoms with van der Waals surface area (Å²) in [5.41, 5.74) is 0. The van der Waals surface area contributed by atoms with Gasteiger partial charge in [-0.3, -0.25) is 9.59 Å². The van der Waals surface area contributed by atoms with E-state index in [4.69, 9.17) is 0 Å². The summed E-state index contributed by atoms with van der Waals surface area (Å²) in [6, 6.07) is 0. The molecule has 0 unspecified atom stereocenters. The number of nitrogens with one attached hydrogen (secondary N) is 1. The van der Waals surface area contributed by atoms with Crippen LogP contribution in [-0.2, 0) is 9.59 Å². The second-order valence-corrected chi connectivity index (χ2v) is 1.67. The first-order valence-electron chi connectivity index (χ1n) is 2.87. The number of carbonyl (C=O) groups is 1. The molecular formula is C6H10NO2. The lowest BCUT2D eigenvalue weighted by atomic mass is 10.2. The zero-order valence-electron chi connectivity index (χ0n) is 5.44. The van der Waals surface area contributed by atoms with Crippen molar-refractivity contribution in [2.24, 2.45) is 0 Å². The molecular weight excluding hydrogens is 118 g/mol. The van der Waals surface area contributed by atoms with Gasteiger partial charge in [0.2, 0.25) is 5.91 Å². The van der Waals surface area contributed by atoms with Crippen LogP contribution >= 0.6 is 0 Å². The third-order valence-electron chi connectivity index (χ3n) is 0.962. The Kier molecular flexibility index (Phi) is 4.78. The van der Waals surface area contributed by atoms with Crippen molar-refractivity contribution in [2.45, 2.75) is 19.3 Å². The summed E-state index contributed by atoms with van der Waals surface area (Å²) in [5, 5.41) is 2.46. The zero-order chi connectivity index (χ0) is 7.11. The van der Waals surface area contributed by atoms with Crippen molar-refractivity contribution in [1.82, 2.24) is 5.32 Å². The van der Waals surface area contributed by atoms with E-state index in [1.807, 2.05) is 0 Å². The number of rotatable bonds is 4. The highest BCUT2D eigenvalue weighted by Crippen LogP contribution is 1.90. The predicted molar refractivity (Wildman–Crippen MR) is 33.6 cm³/mol. The fourth-order valence-corrected chi connectivity index (χ4v) is 0.446. The summed E-state index contributed by atoms with van der Waals surface area (Å²) < 4.78 is 0. The van der Waals surface area contributed by atoms with E-state index in [2.05, 4.69) is 5.32 Å².